The van der Waals surface area contributed by atoms with E-state index >= 15 is 0 Å². The first kappa shape index (κ1) is 16.9. The van der Waals surface area contributed by atoms with E-state index in [9.17, 15) is 8.42 Å². The monoisotopic (exact) mass is 361 g/mol. The molecule has 1 aromatic carbocycles. The minimum Gasteiger partial charge on any atom is -0.264 e. The first-order valence-corrected chi connectivity index (χ1v) is 9.76. The van der Waals surface area contributed by atoms with Gasteiger partial charge in [0.15, 0.2) is 0 Å². The summed E-state index contributed by atoms with van der Waals surface area (Å²) in [5, 5.41) is 9.34. The Morgan fingerprint density at radius 1 is 1.29 bits per heavy atom. The maximum Gasteiger partial charge on any atom is 0.209 e. The molecule has 1 unspecified atom stereocenters. The smallest absolute Gasteiger partial charge is 0.209 e. The Kier molecular flexibility index (Phi) is 4.59. The zero-order valence-corrected chi connectivity index (χ0v) is 14.6. The number of nitrogens with zero attached hydrogens (tertiary/aromatic N) is 2. The highest BCUT2D eigenvalue weighted by Crippen LogP contribution is 2.41. The molecule has 0 bridgehead atoms. The molecule has 1 aromatic heterocycles. The second-order valence-electron chi connectivity index (χ2n) is 6.02. The van der Waals surface area contributed by atoms with E-state index in [2.05, 4.69) is 9.71 Å². The van der Waals surface area contributed by atoms with Crippen LogP contribution in [0.15, 0.2) is 36.7 Å². The van der Waals surface area contributed by atoms with Crippen LogP contribution in [-0.4, -0.2) is 19.7 Å². The Bertz CT molecular complexity index is 918. The van der Waals surface area contributed by atoms with E-state index < -0.39 is 10.0 Å². The van der Waals surface area contributed by atoms with Crippen LogP contribution in [0.1, 0.15) is 30.0 Å². The number of nitriles is 1. The summed E-state index contributed by atoms with van der Waals surface area (Å²) in [7, 11) is -3.30. The fourth-order valence-electron chi connectivity index (χ4n) is 2.67. The number of hydrogen-bond acceptors (Lipinski definition) is 4. The minimum atomic E-state index is -3.30. The van der Waals surface area contributed by atoms with Gasteiger partial charge in [-0.25, -0.2) is 13.1 Å². The van der Waals surface area contributed by atoms with Crippen molar-refractivity contribution in [3.8, 4) is 17.2 Å². The molecule has 1 heterocycles. The predicted molar refractivity (Wildman–Crippen MR) is 92.8 cm³/mol. The average Bonchev–Trinajstić information content (AvgIpc) is 3.36. The summed E-state index contributed by atoms with van der Waals surface area (Å²) in [4.78, 5) is 4.25. The lowest BCUT2D eigenvalue weighted by Gasteiger charge is -2.18. The largest absolute Gasteiger partial charge is 0.264 e. The summed E-state index contributed by atoms with van der Waals surface area (Å²) in [6, 6.07) is 8.88. The Labute approximate surface area is 146 Å². The van der Waals surface area contributed by atoms with Crippen molar-refractivity contribution < 1.29 is 8.42 Å². The van der Waals surface area contributed by atoms with Crippen molar-refractivity contribution in [2.45, 2.75) is 18.9 Å². The molecule has 3 rings (SSSR count). The van der Waals surface area contributed by atoms with Crippen LogP contribution in [0.25, 0.3) is 11.1 Å². The molecule has 0 saturated heterocycles. The fourth-order valence-corrected chi connectivity index (χ4v) is 3.68. The zero-order valence-electron chi connectivity index (χ0n) is 13.0. The van der Waals surface area contributed by atoms with Crippen LogP contribution < -0.4 is 4.72 Å². The van der Waals surface area contributed by atoms with E-state index in [1.54, 1.807) is 30.6 Å². The number of benzene rings is 1. The van der Waals surface area contributed by atoms with Gasteiger partial charge < -0.3 is 0 Å². The van der Waals surface area contributed by atoms with E-state index in [0.717, 1.165) is 29.5 Å². The zero-order chi connectivity index (χ0) is 17.3. The first-order valence-electron chi connectivity index (χ1n) is 7.49. The molecular formula is C17H16ClN3O2S. The molecule has 5 nitrogen and oxygen atoms in total. The topological polar surface area (TPSA) is 82.8 Å². The molecule has 1 saturated carbocycles. The second kappa shape index (κ2) is 6.52. The maximum atomic E-state index is 11.6. The summed E-state index contributed by atoms with van der Waals surface area (Å²) in [6.45, 7) is 0. The lowest BCUT2D eigenvalue weighted by molar-refractivity contribution is 0.532. The third kappa shape index (κ3) is 3.93. The van der Waals surface area contributed by atoms with Crippen LogP contribution in [0, 0.1) is 17.2 Å². The SMILES string of the molecule is CS(=O)(=O)NC(c1cncc(-c2ccc(C#N)c(Cl)c2)c1)C1CC1. The molecule has 0 spiro atoms. The van der Waals surface area contributed by atoms with Gasteiger partial charge >= 0.3 is 0 Å². The number of rotatable bonds is 5. The molecule has 0 amide bonds. The van der Waals surface area contributed by atoms with Crippen molar-refractivity contribution in [2.75, 3.05) is 6.26 Å². The van der Waals surface area contributed by atoms with Crippen molar-refractivity contribution in [3.05, 3.63) is 52.8 Å². The van der Waals surface area contributed by atoms with Gasteiger partial charge in [0.1, 0.15) is 6.07 Å². The molecule has 7 heteroatoms. The third-order valence-electron chi connectivity index (χ3n) is 3.98. The van der Waals surface area contributed by atoms with Gasteiger partial charge in [0.05, 0.1) is 22.9 Å². The minimum absolute atomic E-state index is 0.263. The molecule has 1 N–H and O–H groups in total. The van der Waals surface area contributed by atoms with Crippen molar-refractivity contribution >= 4 is 21.6 Å². The summed E-state index contributed by atoms with van der Waals surface area (Å²) in [5.74, 6) is 0.307. The number of nitrogens with one attached hydrogen (secondary N) is 1. The van der Waals surface area contributed by atoms with Crippen LogP contribution >= 0.6 is 11.6 Å². The molecule has 0 radical (unpaired) electrons. The Morgan fingerprint density at radius 3 is 2.62 bits per heavy atom. The van der Waals surface area contributed by atoms with Crippen molar-refractivity contribution in [2.24, 2.45) is 5.92 Å². The lowest BCUT2D eigenvalue weighted by atomic mass is 10.00. The molecule has 1 aliphatic carbocycles. The molecular weight excluding hydrogens is 346 g/mol. The van der Waals surface area contributed by atoms with Gasteiger partial charge in [0.25, 0.3) is 0 Å². The Balaban J connectivity index is 1.96. The molecule has 24 heavy (non-hydrogen) atoms. The maximum absolute atomic E-state index is 11.6. The average molecular weight is 362 g/mol. The highest BCUT2D eigenvalue weighted by Gasteiger charge is 2.34. The van der Waals surface area contributed by atoms with Gasteiger partial charge in [0.2, 0.25) is 10.0 Å². The van der Waals surface area contributed by atoms with Crippen LogP contribution in [0.4, 0.5) is 0 Å². The lowest BCUT2D eigenvalue weighted by Crippen LogP contribution is -2.28. The van der Waals surface area contributed by atoms with Crippen molar-refractivity contribution in [1.82, 2.24) is 9.71 Å². The quantitative estimate of drug-likeness (QED) is 0.885. The summed E-state index contributed by atoms with van der Waals surface area (Å²) < 4.78 is 26.0. The van der Waals surface area contributed by atoms with E-state index in [1.807, 2.05) is 12.1 Å². The van der Waals surface area contributed by atoms with Crippen LogP contribution in [-0.2, 0) is 10.0 Å². The van der Waals surface area contributed by atoms with Crippen LogP contribution in [0.3, 0.4) is 0 Å². The second-order valence-corrected chi connectivity index (χ2v) is 8.21. The number of halogens is 1. The van der Waals surface area contributed by atoms with E-state index in [4.69, 9.17) is 16.9 Å². The third-order valence-corrected chi connectivity index (χ3v) is 4.97. The summed E-state index contributed by atoms with van der Waals surface area (Å²) in [5.41, 5.74) is 2.92. The molecule has 1 fully saturated rings. The van der Waals surface area contributed by atoms with Crippen molar-refractivity contribution in [1.29, 1.82) is 5.26 Å². The van der Waals surface area contributed by atoms with Crippen LogP contribution in [0.2, 0.25) is 5.02 Å². The van der Waals surface area contributed by atoms with Crippen molar-refractivity contribution in [3.63, 3.8) is 0 Å². The number of aromatic nitrogens is 1. The van der Waals surface area contributed by atoms with E-state index in [-0.39, 0.29) is 6.04 Å². The molecule has 1 aliphatic rings. The van der Waals surface area contributed by atoms with Gasteiger partial charge in [-0.2, -0.15) is 5.26 Å². The van der Waals surface area contributed by atoms with Gasteiger partial charge in [-0.05, 0) is 48.1 Å². The molecule has 2 aromatic rings. The normalized spacial score (nSPS) is 15.7. The summed E-state index contributed by atoms with van der Waals surface area (Å²) >= 11 is 6.09. The predicted octanol–water partition coefficient (Wildman–Crippen LogP) is 3.27. The van der Waals surface area contributed by atoms with Crippen LogP contribution in [0.5, 0.6) is 0 Å². The van der Waals surface area contributed by atoms with Gasteiger partial charge in [-0.15, -0.1) is 0 Å². The highest BCUT2D eigenvalue weighted by atomic mass is 35.5. The molecule has 124 valence electrons. The first-order chi connectivity index (χ1) is 11.4. The molecule has 0 aliphatic heterocycles. The number of sulfonamides is 1. The van der Waals surface area contributed by atoms with E-state index in [0.29, 0.717) is 16.5 Å². The number of pyridine rings is 1. The van der Waals surface area contributed by atoms with Gasteiger partial charge in [-0.3, -0.25) is 4.98 Å². The Morgan fingerprint density at radius 2 is 2.04 bits per heavy atom. The Hall–Kier alpha value is -1.94. The van der Waals surface area contributed by atoms with E-state index in [1.165, 1.54) is 6.26 Å². The number of hydrogen-bond donors (Lipinski definition) is 1. The molecule has 1 atom stereocenters. The fraction of sp³-hybridized carbons (Fsp3) is 0.294. The standard InChI is InChI=1S/C17H16ClN3O2S/c1-24(22,23)21-17(11-2-3-11)15-6-14(9-20-10-15)12-4-5-13(8-19)16(18)7-12/h4-7,9-11,17,21H,2-3H2,1H3. The summed E-state index contributed by atoms with van der Waals surface area (Å²) in [6.07, 6.45) is 6.56. The highest BCUT2D eigenvalue weighted by molar-refractivity contribution is 7.88. The van der Waals surface area contributed by atoms with Gasteiger partial charge in [-0.1, -0.05) is 17.7 Å². The van der Waals surface area contributed by atoms with Gasteiger partial charge in [0, 0.05) is 18.0 Å².